The Labute approximate surface area is 140 Å². The first-order valence-corrected chi connectivity index (χ1v) is 8.30. The number of rotatable bonds is 2. The first kappa shape index (κ1) is 14.9. The third-order valence-electron chi connectivity index (χ3n) is 4.86. The van der Waals surface area contributed by atoms with Crippen LogP contribution >= 0.6 is 0 Å². The van der Waals surface area contributed by atoms with Gasteiger partial charge in [-0.05, 0) is 46.4 Å². The number of aryl methyl sites for hydroxylation is 2. The maximum Gasteiger partial charge on any atom is 0.264 e. The Balaban J connectivity index is 1.75. The molecule has 1 fully saturated rings. The average molecular weight is 318 g/mol. The maximum atomic E-state index is 12.6. The number of nitriles is 1. The van der Waals surface area contributed by atoms with Gasteiger partial charge in [0.1, 0.15) is 11.6 Å². The van der Waals surface area contributed by atoms with E-state index in [-0.39, 0.29) is 11.5 Å². The lowest BCUT2D eigenvalue weighted by molar-refractivity contribution is -0.130. The number of amides is 1. The third-order valence-corrected chi connectivity index (χ3v) is 4.86. The van der Waals surface area contributed by atoms with Crippen molar-refractivity contribution in [2.24, 2.45) is 0 Å². The molecule has 1 aliphatic carbocycles. The highest BCUT2D eigenvalue weighted by molar-refractivity contribution is 6.05. The first-order chi connectivity index (χ1) is 11.8. The fourth-order valence-electron chi connectivity index (χ4n) is 3.63. The average Bonchev–Trinajstić information content (AvgIpc) is 3.06. The molecule has 0 atom stereocenters. The lowest BCUT2D eigenvalue weighted by atomic mass is 9.98. The minimum absolute atomic E-state index is 0.190. The molecule has 0 radical (unpaired) electrons. The van der Waals surface area contributed by atoms with E-state index in [1.807, 2.05) is 6.07 Å². The van der Waals surface area contributed by atoms with Crippen LogP contribution in [0.3, 0.4) is 0 Å². The van der Waals surface area contributed by atoms with Crippen LogP contribution in [0.2, 0.25) is 0 Å². The highest BCUT2D eigenvalue weighted by atomic mass is 16.5. The zero-order valence-electron chi connectivity index (χ0n) is 13.4. The van der Waals surface area contributed by atoms with E-state index in [2.05, 4.69) is 30.3 Å². The van der Waals surface area contributed by atoms with Crippen molar-refractivity contribution in [1.29, 1.82) is 5.26 Å². The quantitative estimate of drug-likeness (QED) is 0.632. The molecule has 2 aromatic carbocycles. The summed E-state index contributed by atoms with van der Waals surface area (Å²) in [4.78, 5) is 14.3. The molecule has 0 unspecified atom stereocenters. The fraction of sp³-hybridized carbons (Fsp3) is 0.300. The molecule has 0 spiro atoms. The number of hydrogen-bond donors (Lipinski definition) is 0. The van der Waals surface area contributed by atoms with Crippen molar-refractivity contribution in [3.8, 4) is 6.07 Å². The van der Waals surface area contributed by atoms with Crippen molar-refractivity contribution >= 4 is 22.8 Å². The molecular formula is C20H18N2O2. The summed E-state index contributed by atoms with van der Waals surface area (Å²) >= 11 is 0. The molecule has 0 saturated carbocycles. The monoisotopic (exact) mass is 318 g/mol. The summed E-state index contributed by atoms with van der Waals surface area (Å²) in [5.41, 5.74) is 3.85. The van der Waals surface area contributed by atoms with Gasteiger partial charge in [-0.2, -0.15) is 5.26 Å². The third kappa shape index (κ3) is 2.47. The van der Waals surface area contributed by atoms with Gasteiger partial charge >= 0.3 is 0 Å². The summed E-state index contributed by atoms with van der Waals surface area (Å²) in [7, 11) is 0. The molecule has 0 bridgehead atoms. The van der Waals surface area contributed by atoms with E-state index in [1.54, 1.807) is 11.0 Å². The summed E-state index contributed by atoms with van der Waals surface area (Å²) in [6, 6.07) is 12.5. The molecule has 4 nitrogen and oxygen atoms in total. The molecule has 2 aromatic rings. The topological polar surface area (TPSA) is 53.3 Å². The van der Waals surface area contributed by atoms with Crippen molar-refractivity contribution in [2.45, 2.75) is 12.8 Å². The number of hydrogen-bond acceptors (Lipinski definition) is 3. The zero-order chi connectivity index (χ0) is 16.5. The number of carbonyl (C=O) groups is 1. The van der Waals surface area contributed by atoms with Gasteiger partial charge in [0.05, 0.1) is 13.2 Å². The lowest BCUT2D eigenvalue weighted by Crippen LogP contribution is -2.41. The van der Waals surface area contributed by atoms with Gasteiger partial charge in [0.25, 0.3) is 5.91 Å². The fourth-order valence-corrected chi connectivity index (χ4v) is 3.63. The zero-order valence-corrected chi connectivity index (χ0v) is 13.4. The van der Waals surface area contributed by atoms with Gasteiger partial charge in [-0.3, -0.25) is 4.79 Å². The van der Waals surface area contributed by atoms with E-state index >= 15 is 0 Å². The second-order valence-electron chi connectivity index (χ2n) is 6.23. The van der Waals surface area contributed by atoms with Gasteiger partial charge < -0.3 is 9.64 Å². The molecule has 2 aliphatic rings. The molecule has 120 valence electrons. The molecule has 1 amide bonds. The summed E-state index contributed by atoms with van der Waals surface area (Å²) in [5.74, 6) is -0.205. The van der Waals surface area contributed by atoms with Gasteiger partial charge in [-0.1, -0.05) is 30.3 Å². The van der Waals surface area contributed by atoms with Crippen LogP contribution in [0, 0.1) is 11.3 Å². The van der Waals surface area contributed by atoms with Gasteiger partial charge in [-0.15, -0.1) is 0 Å². The van der Waals surface area contributed by atoms with E-state index in [9.17, 15) is 10.1 Å². The standard InChI is InChI=1S/C20H18N2O2/c21-13-17(20(23)22-8-10-24-11-9-22)12-16-7-6-15-5-4-14-2-1-3-18(16)19(14)15/h1-3,6-7,12H,4-5,8-11H2/b17-12+. The first-order valence-electron chi connectivity index (χ1n) is 8.30. The summed E-state index contributed by atoms with van der Waals surface area (Å²) in [6.07, 6.45) is 3.87. The SMILES string of the molecule is N#C/C(=C\c1ccc2c3c(cccc13)CC2)C(=O)N1CCOCC1. The predicted molar refractivity (Wildman–Crippen MR) is 92.3 cm³/mol. The molecular weight excluding hydrogens is 300 g/mol. The van der Waals surface area contributed by atoms with Crippen molar-refractivity contribution in [1.82, 2.24) is 4.90 Å². The highest BCUT2D eigenvalue weighted by Crippen LogP contribution is 2.33. The minimum Gasteiger partial charge on any atom is -0.378 e. The van der Waals surface area contributed by atoms with Gasteiger partial charge in [0, 0.05) is 13.1 Å². The summed E-state index contributed by atoms with van der Waals surface area (Å²) < 4.78 is 5.28. The Morgan fingerprint density at radius 3 is 2.62 bits per heavy atom. The van der Waals surface area contributed by atoms with E-state index in [0.29, 0.717) is 26.3 Å². The molecule has 0 N–H and O–H groups in total. The lowest BCUT2D eigenvalue weighted by Gasteiger charge is -2.26. The maximum absolute atomic E-state index is 12.6. The number of carbonyl (C=O) groups excluding carboxylic acids is 1. The second kappa shape index (κ2) is 6.10. The van der Waals surface area contributed by atoms with Crippen molar-refractivity contribution in [3.63, 3.8) is 0 Å². The largest absolute Gasteiger partial charge is 0.378 e. The van der Waals surface area contributed by atoms with Crippen LogP contribution in [0.1, 0.15) is 16.7 Å². The van der Waals surface area contributed by atoms with E-state index in [1.165, 1.54) is 16.5 Å². The second-order valence-corrected chi connectivity index (χ2v) is 6.23. The van der Waals surface area contributed by atoms with E-state index < -0.39 is 0 Å². The van der Waals surface area contributed by atoms with E-state index in [0.717, 1.165) is 23.8 Å². The molecule has 1 heterocycles. The Morgan fingerprint density at radius 1 is 1.12 bits per heavy atom. The van der Waals surface area contributed by atoms with Crippen molar-refractivity contribution in [2.75, 3.05) is 26.3 Å². The van der Waals surface area contributed by atoms with Gasteiger partial charge in [0.15, 0.2) is 0 Å². The van der Waals surface area contributed by atoms with Crippen LogP contribution in [-0.4, -0.2) is 37.1 Å². The normalized spacial score (nSPS) is 17.1. The molecule has 1 aliphatic heterocycles. The number of nitrogens with zero attached hydrogens (tertiary/aromatic N) is 2. The van der Waals surface area contributed by atoms with Crippen LogP contribution in [0.4, 0.5) is 0 Å². The number of morpholine rings is 1. The van der Waals surface area contributed by atoms with Gasteiger partial charge in [0.2, 0.25) is 0 Å². The predicted octanol–water partition coefficient (Wildman–Crippen LogP) is 2.70. The van der Waals surface area contributed by atoms with Crippen LogP contribution < -0.4 is 0 Å². The number of ether oxygens (including phenoxy) is 1. The van der Waals surface area contributed by atoms with Crippen LogP contribution in [0.15, 0.2) is 35.9 Å². The molecule has 4 heteroatoms. The Kier molecular flexibility index (Phi) is 3.79. The Bertz CT molecular complexity index is 876. The molecule has 1 saturated heterocycles. The van der Waals surface area contributed by atoms with Crippen LogP contribution in [0.5, 0.6) is 0 Å². The Hall–Kier alpha value is -2.64. The number of benzene rings is 2. The van der Waals surface area contributed by atoms with Crippen molar-refractivity contribution < 1.29 is 9.53 Å². The minimum atomic E-state index is -0.205. The highest BCUT2D eigenvalue weighted by Gasteiger charge is 2.21. The molecule has 0 aromatic heterocycles. The molecule has 4 rings (SSSR count). The smallest absolute Gasteiger partial charge is 0.264 e. The van der Waals surface area contributed by atoms with Crippen LogP contribution in [0.25, 0.3) is 16.8 Å². The molecule has 24 heavy (non-hydrogen) atoms. The summed E-state index contributed by atoms with van der Waals surface area (Å²) in [6.45, 7) is 2.15. The van der Waals surface area contributed by atoms with Crippen molar-refractivity contribution in [3.05, 3.63) is 52.6 Å². The Morgan fingerprint density at radius 2 is 1.88 bits per heavy atom. The van der Waals surface area contributed by atoms with Crippen LogP contribution in [-0.2, 0) is 22.4 Å². The van der Waals surface area contributed by atoms with E-state index in [4.69, 9.17) is 4.74 Å². The summed E-state index contributed by atoms with van der Waals surface area (Å²) in [5, 5.41) is 11.9. The van der Waals surface area contributed by atoms with Gasteiger partial charge in [-0.25, -0.2) is 0 Å².